The lowest BCUT2D eigenvalue weighted by atomic mass is 10.1. The zero-order valence-electron chi connectivity index (χ0n) is 44.6. The van der Waals surface area contributed by atoms with Gasteiger partial charge in [0.05, 0.1) is 19.6 Å². The molecule has 1 amide bonds. The van der Waals surface area contributed by atoms with E-state index in [2.05, 4.69) is 70.9 Å². The molecule has 3 aliphatic rings. The lowest BCUT2D eigenvalue weighted by molar-refractivity contribution is -0.145. The number of amides is 1. The van der Waals surface area contributed by atoms with Crippen LogP contribution in [0, 0.1) is 0 Å². The van der Waals surface area contributed by atoms with Crippen molar-refractivity contribution in [3.8, 4) is 0 Å². The Labute approximate surface area is 441 Å². The smallest absolute Gasteiger partial charge is 0.320 e. The second kappa shape index (κ2) is 38.6. The van der Waals surface area contributed by atoms with Gasteiger partial charge in [-0.2, -0.15) is 0 Å². The first kappa shape index (κ1) is 62.6. The van der Waals surface area contributed by atoms with Gasteiger partial charge < -0.3 is 57.2 Å². The fourth-order valence-corrected chi connectivity index (χ4v) is 9.88. The van der Waals surface area contributed by atoms with Crippen molar-refractivity contribution in [2.24, 2.45) is 0 Å². The first-order valence-corrected chi connectivity index (χ1v) is 27.8. The van der Waals surface area contributed by atoms with Crippen molar-refractivity contribution in [1.82, 2.24) is 66.2 Å². The zero-order chi connectivity index (χ0) is 53.0. The van der Waals surface area contributed by atoms with Crippen molar-refractivity contribution in [3.05, 3.63) is 35.4 Å². The van der Waals surface area contributed by atoms with E-state index in [1.807, 2.05) is 0 Å². The molecule has 0 bridgehead atoms. The van der Waals surface area contributed by atoms with Crippen molar-refractivity contribution in [1.29, 1.82) is 0 Å². The van der Waals surface area contributed by atoms with E-state index in [-0.39, 0.29) is 84.3 Å². The van der Waals surface area contributed by atoms with Gasteiger partial charge in [-0.1, -0.05) is 24.3 Å². The summed E-state index contributed by atoms with van der Waals surface area (Å²) in [6.07, 6.45) is 7.07. The standard InChI is InChI=1S/C52H95N13O9/c66-48(58-19-3-8-47(52(73)74)65-38-36-63(43-50(69)70)34-32-62(42-49(67)68)33-35-64(37-39-65)44-51(71)72)9-1-2-25-59-27-7-28-61(31-24-57-17-5-16-55-22-29-59)41-46-12-10-45(11-13-46)40-60-26-6-18-54-21-20-53-14-4-15-56-23-30-60/h10-13,47,53-57H,1-9,14-44H2,(H,58,66)(H,67,68)(H,69,70)(H,71,72)(H,73,74). The quantitative estimate of drug-likeness (QED) is 0.0671. The van der Waals surface area contributed by atoms with Crippen molar-refractivity contribution >= 4 is 29.8 Å². The first-order valence-electron chi connectivity index (χ1n) is 27.8. The van der Waals surface area contributed by atoms with Crippen LogP contribution in [-0.4, -0.2) is 280 Å². The van der Waals surface area contributed by atoms with E-state index >= 15 is 0 Å². The third-order valence-electron chi connectivity index (χ3n) is 14.1. The summed E-state index contributed by atoms with van der Waals surface area (Å²) >= 11 is 0. The Kier molecular flexibility index (Phi) is 32.7. The molecule has 0 aromatic heterocycles. The Hall–Kier alpha value is -3.91. The minimum Gasteiger partial charge on any atom is -0.480 e. The Morgan fingerprint density at radius 3 is 1.34 bits per heavy atom. The maximum atomic E-state index is 13.0. The zero-order valence-corrected chi connectivity index (χ0v) is 44.6. The molecule has 1 unspecified atom stereocenters. The average Bonchev–Trinajstić information content (AvgIpc) is 3.35. The number of nitrogens with one attached hydrogen (secondary N) is 6. The molecule has 3 fully saturated rings. The third-order valence-corrected chi connectivity index (χ3v) is 14.1. The number of carboxylic acid groups (broad SMARTS) is 4. The van der Waals surface area contributed by atoms with Crippen LogP contribution in [0.25, 0.3) is 0 Å². The van der Waals surface area contributed by atoms with Gasteiger partial charge in [-0.15, -0.1) is 0 Å². The Morgan fingerprint density at radius 1 is 0.446 bits per heavy atom. The lowest BCUT2D eigenvalue weighted by Gasteiger charge is -2.35. The van der Waals surface area contributed by atoms with E-state index in [1.165, 1.54) is 11.1 Å². The number of hydrogen-bond donors (Lipinski definition) is 10. The summed E-state index contributed by atoms with van der Waals surface area (Å²) in [6.45, 7) is 20.2. The molecule has 22 heteroatoms. The van der Waals surface area contributed by atoms with E-state index in [0.29, 0.717) is 19.4 Å². The normalized spacial score (nSPS) is 21.0. The maximum Gasteiger partial charge on any atom is 0.320 e. The Morgan fingerprint density at radius 2 is 0.865 bits per heavy atom. The molecule has 0 radical (unpaired) electrons. The van der Waals surface area contributed by atoms with E-state index < -0.39 is 29.9 Å². The van der Waals surface area contributed by atoms with Crippen LogP contribution >= 0.6 is 0 Å². The molecule has 0 aliphatic carbocycles. The minimum absolute atomic E-state index is 0.0683. The fraction of sp³-hybridized carbons (Fsp3) is 0.788. The van der Waals surface area contributed by atoms with Crippen LogP contribution in [0.15, 0.2) is 24.3 Å². The minimum atomic E-state index is -1.05. The predicted molar refractivity (Wildman–Crippen MR) is 288 cm³/mol. The number of nitrogens with zero attached hydrogens (tertiary/aromatic N) is 7. The van der Waals surface area contributed by atoms with Crippen molar-refractivity contribution in [2.45, 2.75) is 76.9 Å². The number of rotatable bonds is 21. The molecular weight excluding hydrogens is 951 g/mol. The van der Waals surface area contributed by atoms with Crippen LogP contribution in [0.2, 0.25) is 0 Å². The van der Waals surface area contributed by atoms with Gasteiger partial charge in [0.1, 0.15) is 6.04 Å². The van der Waals surface area contributed by atoms with Crippen LogP contribution in [0.3, 0.4) is 0 Å². The summed E-state index contributed by atoms with van der Waals surface area (Å²) < 4.78 is 0. The predicted octanol–water partition coefficient (Wildman–Crippen LogP) is -0.877. The largest absolute Gasteiger partial charge is 0.480 e. The molecule has 10 N–H and O–H groups in total. The number of carbonyl (C=O) groups excluding carboxylic acids is 1. The van der Waals surface area contributed by atoms with Gasteiger partial charge in [-0.3, -0.25) is 53.4 Å². The molecule has 422 valence electrons. The highest BCUT2D eigenvalue weighted by molar-refractivity contribution is 5.76. The van der Waals surface area contributed by atoms with Gasteiger partial charge in [0.15, 0.2) is 0 Å². The Balaban J connectivity index is 1.21. The SMILES string of the molecule is O=C(O)CN1CCN(CC(=O)O)CCN(C(CCCNC(=O)CCCCN2CCCN(Cc3ccc(CN4CCCNCCNCCCNCC4)cc3)CCNCCCNCC2)C(=O)O)CCN(CC(=O)O)CC1. The molecular formula is C52H95N13O9. The highest BCUT2D eigenvalue weighted by atomic mass is 16.4. The molecule has 0 spiro atoms. The van der Waals surface area contributed by atoms with Crippen LogP contribution in [-0.2, 0) is 37.1 Å². The van der Waals surface area contributed by atoms with Crippen LogP contribution < -0.4 is 31.9 Å². The Bertz CT molecular complexity index is 1670. The van der Waals surface area contributed by atoms with Crippen LogP contribution in [0.1, 0.15) is 68.9 Å². The summed E-state index contributed by atoms with van der Waals surface area (Å²) in [5, 5.41) is 59.9. The van der Waals surface area contributed by atoms with E-state index in [0.717, 1.165) is 163 Å². The number of carbonyl (C=O) groups is 5. The van der Waals surface area contributed by atoms with E-state index in [4.69, 9.17) is 0 Å². The molecule has 4 rings (SSSR count). The molecule has 1 aromatic rings. The van der Waals surface area contributed by atoms with Gasteiger partial charge >= 0.3 is 23.9 Å². The van der Waals surface area contributed by atoms with E-state index in [1.54, 1.807) is 19.6 Å². The number of unbranched alkanes of at least 4 members (excludes halogenated alkanes) is 1. The van der Waals surface area contributed by atoms with Gasteiger partial charge in [0, 0.05) is 131 Å². The topological polar surface area (TPSA) is 261 Å². The van der Waals surface area contributed by atoms with Gasteiger partial charge in [-0.25, -0.2) is 0 Å². The summed E-state index contributed by atoms with van der Waals surface area (Å²) in [7, 11) is 0. The number of aliphatic carboxylic acids is 4. The fourth-order valence-electron chi connectivity index (χ4n) is 9.88. The van der Waals surface area contributed by atoms with Crippen LogP contribution in [0.4, 0.5) is 0 Å². The summed E-state index contributed by atoms with van der Waals surface area (Å²) in [5.74, 6) is -4.25. The monoisotopic (exact) mass is 1050 g/mol. The van der Waals surface area contributed by atoms with Crippen molar-refractivity contribution in [3.63, 3.8) is 0 Å². The second-order valence-corrected chi connectivity index (χ2v) is 20.2. The number of carboxylic acids is 4. The summed E-state index contributed by atoms with van der Waals surface area (Å²) in [5.41, 5.74) is 2.70. The molecule has 74 heavy (non-hydrogen) atoms. The van der Waals surface area contributed by atoms with Gasteiger partial charge in [-0.05, 0) is 121 Å². The van der Waals surface area contributed by atoms with Gasteiger partial charge in [0.25, 0.3) is 0 Å². The molecule has 3 aliphatic heterocycles. The summed E-state index contributed by atoms with van der Waals surface area (Å²) in [6, 6.07) is 8.33. The van der Waals surface area contributed by atoms with Gasteiger partial charge in [0.2, 0.25) is 5.91 Å². The van der Waals surface area contributed by atoms with E-state index in [9.17, 15) is 44.4 Å². The second-order valence-electron chi connectivity index (χ2n) is 20.2. The third kappa shape index (κ3) is 29.4. The molecule has 3 saturated heterocycles. The molecule has 3 heterocycles. The number of benzene rings is 1. The molecule has 22 nitrogen and oxygen atoms in total. The summed E-state index contributed by atoms with van der Waals surface area (Å²) in [4.78, 5) is 75.1. The molecule has 0 saturated carbocycles. The lowest BCUT2D eigenvalue weighted by Crippen LogP contribution is -2.51. The first-order chi connectivity index (χ1) is 35.9. The highest BCUT2D eigenvalue weighted by Gasteiger charge is 2.28. The maximum absolute atomic E-state index is 13.0. The van der Waals surface area contributed by atoms with Crippen molar-refractivity contribution < 1.29 is 44.4 Å². The average molecular weight is 1050 g/mol. The highest BCUT2D eigenvalue weighted by Crippen LogP contribution is 2.13. The number of hydrogen-bond acceptors (Lipinski definition) is 17. The van der Waals surface area contributed by atoms with Crippen LogP contribution in [0.5, 0.6) is 0 Å². The molecule has 1 atom stereocenters. The molecule has 1 aromatic carbocycles. The van der Waals surface area contributed by atoms with Crippen molar-refractivity contribution in [2.75, 3.05) is 190 Å².